The number of hydrogen-bond donors (Lipinski definition) is 2. The highest BCUT2D eigenvalue weighted by Gasteiger charge is 2.20. The summed E-state index contributed by atoms with van der Waals surface area (Å²) in [6.45, 7) is 5.40. The van der Waals surface area contributed by atoms with E-state index in [2.05, 4.69) is 0 Å². The van der Waals surface area contributed by atoms with Gasteiger partial charge in [0.1, 0.15) is 11.5 Å². The highest BCUT2D eigenvalue weighted by molar-refractivity contribution is 7.53. The molecule has 21 heavy (non-hydrogen) atoms. The summed E-state index contributed by atoms with van der Waals surface area (Å²) in [5, 5.41) is 0. The molecule has 0 aliphatic rings. The van der Waals surface area contributed by atoms with Crippen molar-refractivity contribution in [2.24, 2.45) is 0 Å². The van der Waals surface area contributed by atoms with E-state index in [-0.39, 0.29) is 0 Å². The Bertz CT molecular complexity index is 546. The summed E-state index contributed by atoms with van der Waals surface area (Å²) in [5.41, 5.74) is 12.3. The second kappa shape index (κ2) is 7.60. The lowest BCUT2D eigenvalue weighted by molar-refractivity contribution is 0.393. The van der Waals surface area contributed by atoms with Gasteiger partial charge in [-0.1, -0.05) is 13.8 Å². The molecular formula is C15H21N2O3P. The lowest BCUT2D eigenvalue weighted by Crippen LogP contribution is -1.99. The molecule has 114 valence electrons. The first-order chi connectivity index (χ1) is 9.94. The van der Waals surface area contributed by atoms with Crippen LogP contribution in [0.5, 0.6) is 11.5 Å². The van der Waals surface area contributed by atoms with Crippen LogP contribution in [0.2, 0.25) is 0 Å². The van der Waals surface area contributed by atoms with Gasteiger partial charge < -0.3 is 20.5 Å². The molecule has 0 amide bonds. The van der Waals surface area contributed by atoms with Crippen LogP contribution < -0.4 is 20.5 Å². The van der Waals surface area contributed by atoms with Gasteiger partial charge in [-0.15, -0.1) is 0 Å². The van der Waals surface area contributed by atoms with E-state index in [0.717, 1.165) is 0 Å². The summed E-state index contributed by atoms with van der Waals surface area (Å²) in [4.78, 5) is 0. The smallest absolute Gasteiger partial charge is 0.416 e. The van der Waals surface area contributed by atoms with Gasteiger partial charge in [-0.2, -0.15) is 0 Å². The molecule has 0 radical (unpaired) electrons. The maximum absolute atomic E-state index is 12.2. The Morgan fingerprint density at radius 2 is 1.05 bits per heavy atom. The fourth-order valence-corrected chi connectivity index (χ4v) is 2.51. The van der Waals surface area contributed by atoms with E-state index >= 15 is 0 Å². The number of benzene rings is 2. The van der Waals surface area contributed by atoms with Gasteiger partial charge in [-0.25, -0.2) is 4.57 Å². The largest absolute Gasteiger partial charge is 0.427 e. The van der Waals surface area contributed by atoms with Crippen LogP contribution in [-0.4, -0.2) is 6.66 Å². The van der Waals surface area contributed by atoms with Crippen molar-refractivity contribution in [3.63, 3.8) is 0 Å². The standard InChI is InChI=1S/C13H15N2O3P.C2H6/c1-19(16,17-12-6-2-10(14)3-7-12)18-13-8-4-11(15)5-9-13;1-2/h2-9H,14-15H2,1H3;1-2H3. The van der Waals surface area contributed by atoms with Crippen molar-refractivity contribution in [2.75, 3.05) is 18.1 Å². The summed E-state index contributed by atoms with van der Waals surface area (Å²) >= 11 is 0. The van der Waals surface area contributed by atoms with Gasteiger partial charge in [-0.3, -0.25) is 0 Å². The van der Waals surface area contributed by atoms with Crippen molar-refractivity contribution in [2.45, 2.75) is 13.8 Å². The third kappa shape index (κ3) is 5.79. The maximum Gasteiger partial charge on any atom is 0.427 e. The first-order valence-corrected chi connectivity index (χ1v) is 8.61. The van der Waals surface area contributed by atoms with Crippen molar-refractivity contribution in [1.82, 2.24) is 0 Å². The summed E-state index contributed by atoms with van der Waals surface area (Å²) in [7, 11) is -3.25. The van der Waals surface area contributed by atoms with E-state index < -0.39 is 7.60 Å². The molecule has 0 aliphatic carbocycles. The van der Waals surface area contributed by atoms with Gasteiger partial charge in [0.05, 0.1) is 6.66 Å². The fourth-order valence-electron chi connectivity index (χ4n) is 1.46. The molecule has 5 nitrogen and oxygen atoms in total. The van der Waals surface area contributed by atoms with Gasteiger partial charge in [0, 0.05) is 11.4 Å². The zero-order valence-electron chi connectivity index (χ0n) is 12.4. The zero-order valence-corrected chi connectivity index (χ0v) is 13.3. The zero-order chi connectivity index (χ0) is 15.9. The molecule has 2 aromatic carbocycles. The molecule has 0 saturated heterocycles. The van der Waals surface area contributed by atoms with E-state index in [4.69, 9.17) is 20.5 Å². The molecule has 0 atom stereocenters. The number of anilines is 2. The average Bonchev–Trinajstić information content (AvgIpc) is 2.46. The van der Waals surface area contributed by atoms with Gasteiger partial charge in [0.15, 0.2) is 0 Å². The Morgan fingerprint density at radius 1 is 0.762 bits per heavy atom. The normalized spacial score (nSPS) is 10.2. The van der Waals surface area contributed by atoms with Crippen molar-refractivity contribution < 1.29 is 13.6 Å². The second-order valence-electron chi connectivity index (χ2n) is 4.09. The molecule has 2 aromatic rings. The Kier molecular flexibility index (Phi) is 6.12. The van der Waals surface area contributed by atoms with Crippen LogP contribution in [0, 0.1) is 0 Å². The third-order valence-corrected chi connectivity index (χ3v) is 3.39. The van der Waals surface area contributed by atoms with Crippen molar-refractivity contribution in [3.05, 3.63) is 48.5 Å². The molecule has 0 saturated carbocycles. The van der Waals surface area contributed by atoms with E-state index in [1.807, 2.05) is 13.8 Å². The lowest BCUT2D eigenvalue weighted by atomic mass is 10.3. The van der Waals surface area contributed by atoms with E-state index in [9.17, 15) is 4.57 Å². The fraction of sp³-hybridized carbons (Fsp3) is 0.200. The Labute approximate surface area is 125 Å². The minimum atomic E-state index is -3.25. The molecule has 6 heteroatoms. The number of hydrogen-bond acceptors (Lipinski definition) is 5. The SMILES string of the molecule is CC.CP(=O)(Oc1ccc(N)cc1)Oc1ccc(N)cc1. The Hall–Kier alpha value is -2.13. The summed E-state index contributed by atoms with van der Waals surface area (Å²) in [6, 6.07) is 13.2. The van der Waals surface area contributed by atoms with Crippen LogP contribution in [-0.2, 0) is 4.57 Å². The van der Waals surface area contributed by atoms with Gasteiger partial charge in [0.2, 0.25) is 0 Å². The van der Waals surface area contributed by atoms with E-state index in [0.29, 0.717) is 22.9 Å². The predicted molar refractivity (Wildman–Crippen MR) is 87.8 cm³/mol. The van der Waals surface area contributed by atoms with Crippen molar-refractivity contribution in [1.29, 1.82) is 0 Å². The Balaban J connectivity index is 0.00000106. The summed E-state index contributed by atoms with van der Waals surface area (Å²) < 4.78 is 22.9. The minimum Gasteiger partial charge on any atom is -0.416 e. The van der Waals surface area contributed by atoms with E-state index in [1.165, 1.54) is 6.66 Å². The molecule has 0 heterocycles. The van der Waals surface area contributed by atoms with Crippen LogP contribution in [0.25, 0.3) is 0 Å². The molecule has 0 aromatic heterocycles. The minimum absolute atomic E-state index is 0.440. The monoisotopic (exact) mass is 308 g/mol. The molecule has 0 fully saturated rings. The van der Waals surface area contributed by atoms with E-state index in [1.54, 1.807) is 48.5 Å². The van der Waals surface area contributed by atoms with Crippen LogP contribution >= 0.6 is 7.60 Å². The van der Waals surface area contributed by atoms with Crippen molar-refractivity contribution >= 4 is 19.0 Å². The molecule has 4 N–H and O–H groups in total. The van der Waals surface area contributed by atoms with Gasteiger partial charge >= 0.3 is 7.60 Å². The van der Waals surface area contributed by atoms with Gasteiger partial charge in [0.25, 0.3) is 0 Å². The van der Waals surface area contributed by atoms with Crippen LogP contribution in [0.4, 0.5) is 11.4 Å². The topological polar surface area (TPSA) is 87.6 Å². The predicted octanol–water partition coefficient (Wildman–Crippen LogP) is 4.16. The number of nitrogen functional groups attached to an aromatic ring is 2. The molecule has 2 rings (SSSR count). The van der Waals surface area contributed by atoms with Gasteiger partial charge in [-0.05, 0) is 48.5 Å². The summed E-state index contributed by atoms with van der Waals surface area (Å²) in [5.74, 6) is 0.881. The van der Waals surface area contributed by atoms with Crippen LogP contribution in [0.1, 0.15) is 13.8 Å². The lowest BCUT2D eigenvalue weighted by Gasteiger charge is -2.16. The first kappa shape index (κ1) is 16.9. The molecule has 0 aliphatic heterocycles. The van der Waals surface area contributed by atoms with Crippen LogP contribution in [0.15, 0.2) is 48.5 Å². The third-order valence-electron chi connectivity index (χ3n) is 2.30. The second-order valence-corrected chi connectivity index (χ2v) is 6.00. The molecular weight excluding hydrogens is 287 g/mol. The molecule has 0 unspecified atom stereocenters. The first-order valence-electron chi connectivity index (χ1n) is 6.62. The molecule has 0 spiro atoms. The maximum atomic E-state index is 12.2. The highest BCUT2D eigenvalue weighted by atomic mass is 31.2. The average molecular weight is 308 g/mol. The number of nitrogens with two attached hydrogens (primary N) is 2. The highest BCUT2D eigenvalue weighted by Crippen LogP contribution is 2.44. The Morgan fingerprint density at radius 3 is 1.33 bits per heavy atom. The van der Waals surface area contributed by atoms with Crippen LogP contribution in [0.3, 0.4) is 0 Å². The van der Waals surface area contributed by atoms with Crippen molar-refractivity contribution in [3.8, 4) is 11.5 Å². The summed E-state index contributed by atoms with van der Waals surface area (Å²) in [6.07, 6.45) is 0. The molecule has 0 bridgehead atoms. The number of rotatable bonds is 4. The quantitative estimate of drug-likeness (QED) is 0.654.